The van der Waals surface area contributed by atoms with Crippen molar-refractivity contribution in [1.29, 1.82) is 0 Å². The van der Waals surface area contributed by atoms with Crippen LogP contribution in [0.3, 0.4) is 0 Å². The number of benzene rings is 1. The van der Waals surface area contributed by atoms with Crippen LogP contribution in [0.25, 0.3) is 16.6 Å². The maximum atomic E-state index is 6.67. The van der Waals surface area contributed by atoms with E-state index in [4.69, 9.17) is 16.3 Å². The fourth-order valence-corrected chi connectivity index (χ4v) is 4.81. The lowest BCUT2D eigenvalue weighted by atomic mass is 9.88. The molecule has 2 aliphatic rings. The monoisotopic (exact) mass is 385 g/mol. The van der Waals surface area contributed by atoms with Gasteiger partial charge >= 0.3 is 0 Å². The molecule has 2 aliphatic heterocycles. The lowest BCUT2D eigenvalue weighted by Crippen LogP contribution is -2.41. The van der Waals surface area contributed by atoms with Gasteiger partial charge in [0.15, 0.2) is 0 Å². The quantitative estimate of drug-likeness (QED) is 0.693. The first-order valence-electron chi connectivity index (χ1n) is 9.67. The number of nitrogens with zero attached hydrogens (tertiary/aromatic N) is 5. The summed E-state index contributed by atoms with van der Waals surface area (Å²) in [6.45, 7) is 4.04. The van der Waals surface area contributed by atoms with E-state index in [2.05, 4.69) is 27.2 Å². The highest BCUT2D eigenvalue weighted by Gasteiger charge is 2.29. The number of fused-ring (bicyclic) bond motifs is 1. The van der Waals surface area contributed by atoms with Gasteiger partial charge in [0.1, 0.15) is 5.69 Å². The Morgan fingerprint density at radius 3 is 2.67 bits per heavy atom. The summed E-state index contributed by atoms with van der Waals surface area (Å²) in [5.74, 6) is 0.498. The molecule has 5 rings (SSSR count). The Labute approximate surface area is 163 Å². The van der Waals surface area contributed by atoms with Crippen molar-refractivity contribution in [3.05, 3.63) is 41.3 Å². The molecule has 0 saturated carbocycles. The van der Waals surface area contributed by atoms with Crippen molar-refractivity contribution in [3.8, 4) is 5.69 Å². The molecule has 1 atom stereocenters. The number of hydrogen-bond acceptors (Lipinski definition) is 4. The second-order valence-electron chi connectivity index (χ2n) is 7.69. The minimum Gasteiger partial charge on any atom is -0.380 e. The lowest BCUT2D eigenvalue weighted by Gasteiger charge is -2.35. The van der Waals surface area contributed by atoms with Crippen LogP contribution in [0.1, 0.15) is 30.7 Å². The van der Waals surface area contributed by atoms with Crippen LogP contribution in [0.5, 0.6) is 0 Å². The highest BCUT2D eigenvalue weighted by Crippen LogP contribution is 2.36. The number of hydrogen-bond donors (Lipinski definition) is 0. The van der Waals surface area contributed by atoms with Crippen LogP contribution < -0.4 is 0 Å². The minimum atomic E-state index is 0.498. The molecule has 0 unspecified atom stereocenters. The number of piperidine rings is 1. The average molecular weight is 386 g/mol. The summed E-state index contributed by atoms with van der Waals surface area (Å²) in [4.78, 5) is 2.59. The molecule has 2 aromatic heterocycles. The van der Waals surface area contributed by atoms with Gasteiger partial charge in [-0.2, -0.15) is 10.2 Å². The van der Waals surface area contributed by atoms with Gasteiger partial charge in [0, 0.05) is 30.1 Å². The van der Waals surface area contributed by atoms with Gasteiger partial charge in [-0.1, -0.05) is 11.6 Å². The number of aromatic nitrogens is 4. The topological polar surface area (TPSA) is 48.1 Å². The van der Waals surface area contributed by atoms with E-state index >= 15 is 0 Å². The first-order chi connectivity index (χ1) is 13.2. The van der Waals surface area contributed by atoms with Gasteiger partial charge in [-0.05, 0) is 56.0 Å². The summed E-state index contributed by atoms with van der Waals surface area (Å²) in [6, 6.07) is 4.90. The summed E-state index contributed by atoms with van der Waals surface area (Å²) >= 11 is 6.67. The van der Waals surface area contributed by atoms with E-state index in [0.717, 1.165) is 60.8 Å². The molecule has 2 fully saturated rings. The van der Waals surface area contributed by atoms with Gasteiger partial charge in [-0.15, -0.1) is 0 Å². The van der Waals surface area contributed by atoms with Crippen LogP contribution in [-0.2, 0) is 11.8 Å². The van der Waals surface area contributed by atoms with Gasteiger partial charge < -0.3 is 4.74 Å². The highest BCUT2D eigenvalue weighted by atomic mass is 35.5. The number of rotatable bonds is 3. The molecule has 3 aromatic rings. The van der Waals surface area contributed by atoms with Crippen molar-refractivity contribution in [2.24, 2.45) is 7.05 Å². The zero-order valence-electron chi connectivity index (χ0n) is 15.5. The maximum absolute atomic E-state index is 6.67. The Morgan fingerprint density at radius 2 is 1.96 bits per heavy atom. The largest absolute Gasteiger partial charge is 0.380 e. The van der Waals surface area contributed by atoms with Crippen LogP contribution in [0.4, 0.5) is 0 Å². The number of halogens is 1. The molecule has 2 saturated heterocycles. The second kappa shape index (κ2) is 6.93. The molecule has 6 nitrogen and oxygen atoms in total. The first-order valence-corrected chi connectivity index (χ1v) is 10.0. The van der Waals surface area contributed by atoms with Crippen LogP contribution in [0.15, 0.2) is 30.7 Å². The molecule has 0 aliphatic carbocycles. The predicted octanol–water partition coefficient (Wildman–Crippen LogP) is 3.38. The van der Waals surface area contributed by atoms with Gasteiger partial charge in [-0.25, -0.2) is 4.68 Å². The van der Waals surface area contributed by atoms with E-state index in [0.29, 0.717) is 12.0 Å². The first kappa shape index (κ1) is 17.2. The highest BCUT2D eigenvalue weighted by molar-refractivity contribution is 6.32. The Hall–Kier alpha value is -1.89. The van der Waals surface area contributed by atoms with E-state index in [-0.39, 0.29) is 0 Å². The van der Waals surface area contributed by atoms with Crippen molar-refractivity contribution in [2.45, 2.75) is 31.2 Å². The molecule has 0 radical (unpaired) electrons. The van der Waals surface area contributed by atoms with Gasteiger partial charge in [0.25, 0.3) is 0 Å². The summed E-state index contributed by atoms with van der Waals surface area (Å²) in [5, 5.41) is 10.7. The third kappa shape index (κ3) is 3.16. The maximum Gasteiger partial charge on any atom is 0.103 e. The van der Waals surface area contributed by atoms with E-state index < -0.39 is 0 Å². The van der Waals surface area contributed by atoms with E-state index in [9.17, 15) is 0 Å². The molecule has 142 valence electrons. The average Bonchev–Trinajstić information content (AvgIpc) is 3.41. The smallest absolute Gasteiger partial charge is 0.103 e. The Kier molecular flexibility index (Phi) is 4.42. The zero-order valence-corrected chi connectivity index (χ0v) is 16.3. The minimum absolute atomic E-state index is 0.498. The molecule has 7 heteroatoms. The van der Waals surface area contributed by atoms with E-state index in [1.54, 1.807) is 4.68 Å². The Bertz CT molecular complexity index is 951. The molecular formula is C20H24ClN5O. The SMILES string of the molecule is Cn1cc(-n2ncc3cc(Cl)c(C4CCN([C@H]5CCOC5)CC4)cc32)cn1. The summed E-state index contributed by atoms with van der Waals surface area (Å²) in [5.41, 5.74) is 3.31. The second-order valence-corrected chi connectivity index (χ2v) is 8.10. The molecule has 0 amide bonds. The normalized spacial score (nSPS) is 22.1. The molecule has 27 heavy (non-hydrogen) atoms. The van der Waals surface area contributed by atoms with Gasteiger partial charge in [0.05, 0.1) is 30.7 Å². The van der Waals surface area contributed by atoms with Crippen LogP contribution in [0, 0.1) is 0 Å². The fraction of sp³-hybridized carbons (Fsp3) is 0.500. The van der Waals surface area contributed by atoms with Crippen molar-refractivity contribution in [1.82, 2.24) is 24.5 Å². The summed E-state index contributed by atoms with van der Waals surface area (Å²) in [7, 11) is 1.92. The van der Waals surface area contributed by atoms with Crippen molar-refractivity contribution < 1.29 is 4.74 Å². The predicted molar refractivity (Wildman–Crippen MR) is 106 cm³/mol. The van der Waals surface area contributed by atoms with Gasteiger partial charge in [-0.3, -0.25) is 9.58 Å². The molecule has 4 heterocycles. The Balaban J connectivity index is 1.42. The van der Waals surface area contributed by atoms with Crippen molar-refractivity contribution in [3.63, 3.8) is 0 Å². The molecule has 0 N–H and O–H groups in total. The Morgan fingerprint density at radius 1 is 1.11 bits per heavy atom. The van der Waals surface area contributed by atoms with Crippen LogP contribution in [0.2, 0.25) is 5.02 Å². The number of ether oxygens (including phenoxy) is 1. The summed E-state index contributed by atoms with van der Waals surface area (Å²) < 4.78 is 9.30. The molecule has 1 aromatic carbocycles. The van der Waals surface area contributed by atoms with E-state index in [1.807, 2.05) is 30.3 Å². The van der Waals surface area contributed by atoms with Crippen LogP contribution in [-0.4, -0.2) is 56.8 Å². The third-order valence-electron chi connectivity index (χ3n) is 6.01. The van der Waals surface area contributed by atoms with Crippen LogP contribution >= 0.6 is 11.6 Å². The fourth-order valence-electron chi connectivity index (χ4n) is 4.48. The number of aryl methyl sites for hydroxylation is 1. The third-order valence-corrected chi connectivity index (χ3v) is 6.34. The molecular weight excluding hydrogens is 362 g/mol. The molecule has 0 bridgehead atoms. The zero-order chi connectivity index (χ0) is 18.4. The van der Waals surface area contributed by atoms with E-state index in [1.165, 1.54) is 12.0 Å². The standard InChI is InChI=1S/C20H24ClN5O/c1-24-12-17(11-22-24)26-20-9-18(19(21)8-15(20)10-23-26)14-2-5-25(6-3-14)16-4-7-27-13-16/h8-12,14,16H,2-7,13H2,1H3/t16-/m0/s1. The molecule has 0 spiro atoms. The van der Waals surface area contributed by atoms with Crippen molar-refractivity contribution in [2.75, 3.05) is 26.3 Å². The lowest BCUT2D eigenvalue weighted by molar-refractivity contribution is 0.122. The summed E-state index contributed by atoms with van der Waals surface area (Å²) in [6.07, 6.45) is 9.14. The van der Waals surface area contributed by atoms with Crippen molar-refractivity contribution >= 4 is 22.5 Å². The van der Waals surface area contributed by atoms with Gasteiger partial charge in [0.2, 0.25) is 0 Å². The number of likely N-dealkylation sites (tertiary alicyclic amines) is 1.